The van der Waals surface area contributed by atoms with Crippen molar-refractivity contribution in [1.82, 2.24) is 19.9 Å². The van der Waals surface area contributed by atoms with E-state index in [-0.39, 0.29) is 18.9 Å². The number of benzene rings is 1. The largest absolute Gasteiger partial charge is 0.396 e. The first-order chi connectivity index (χ1) is 16.4. The second kappa shape index (κ2) is 11.1. The molecule has 3 heterocycles. The van der Waals surface area contributed by atoms with Crippen LogP contribution in [-0.2, 0) is 35.8 Å². The summed E-state index contributed by atoms with van der Waals surface area (Å²) in [5.74, 6) is 0.529. The standard InChI is InChI=1S/C25H34N4O3S2/c1-3-22-16-24(25(33-22)10-13-30)20-9-11-28(19(2)15-20)17-21-18-29(27-26-21)12-14-34(31,32)23-7-5-4-6-8-23/h4-8,16,18-20,30H,3,9-15,17H2,1-2H3/t19-,20?/m0/s1. The molecule has 2 atom stereocenters. The van der Waals surface area contributed by atoms with E-state index in [0.717, 1.165) is 37.9 Å². The Kier molecular flexibility index (Phi) is 8.18. The fourth-order valence-electron chi connectivity index (χ4n) is 4.74. The van der Waals surface area contributed by atoms with Gasteiger partial charge >= 0.3 is 0 Å². The molecular weight excluding hydrogens is 468 g/mol. The third kappa shape index (κ3) is 5.94. The van der Waals surface area contributed by atoms with Crippen LogP contribution in [0.4, 0.5) is 0 Å². The molecule has 1 aromatic carbocycles. The van der Waals surface area contributed by atoms with Crippen molar-refractivity contribution in [3.8, 4) is 0 Å². The van der Waals surface area contributed by atoms with Crippen molar-refractivity contribution in [2.45, 2.75) is 69.5 Å². The summed E-state index contributed by atoms with van der Waals surface area (Å²) in [4.78, 5) is 5.52. The van der Waals surface area contributed by atoms with Gasteiger partial charge in [-0.3, -0.25) is 9.58 Å². The number of hydrogen-bond acceptors (Lipinski definition) is 7. The molecule has 0 bridgehead atoms. The molecule has 34 heavy (non-hydrogen) atoms. The molecule has 7 nitrogen and oxygen atoms in total. The van der Waals surface area contributed by atoms with Gasteiger partial charge in [-0.15, -0.1) is 16.4 Å². The molecule has 1 aliphatic heterocycles. The highest BCUT2D eigenvalue weighted by Gasteiger charge is 2.29. The van der Waals surface area contributed by atoms with E-state index in [2.05, 4.69) is 35.1 Å². The number of aliphatic hydroxyl groups is 1. The quantitative estimate of drug-likeness (QED) is 0.455. The number of piperidine rings is 1. The lowest BCUT2D eigenvalue weighted by atomic mass is 9.85. The van der Waals surface area contributed by atoms with Crippen LogP contribution in [0, 0.1) is 0 Å². The Bertz CT molecular complexity index is 1170. The van der Waals surface area contributed by atoms with Crippen molar-refractivity contribution in [2.24, 2.45) is 0 Å². The molecule has 0 aliphatic carbocycles. The Morgan fingerprint density at radius 1 is 1.24 bits per heavy atom. The SMILES string of the molecule is CCc1cc(C2CCN(Cc3cn(CCS(=O)(=O)c4ccccc4)nn3)[C@@H](C)C2)c(CCO)s1. The summed E-state index contributed by atoms with van der Waals surface area (Å²) in [6, 6.07) is 11.3. The van der Waals surface area contributed by atoms with Gasteiger partial charge in [0.2, 0.25) is 0 Å². The lowest BCUT2D eigenvalue weighted by molar-refractivity contribution is 0.137. The van der Waals surface area contributed by atoms with Crippen molar-refractivity contribution < 1.29 is 13.5 Å². The predicted molar refractivity (Wildman–Crippen MR) is 135 cm³/mol. The van der Waals surface area contributed by atoms with Crippen LogP contribution < -0.4 is 0 Å². The van der Waals surface area contributed by atoms with E-state index in [1.807, 2.05) is 23.6 Å². The zero-order valence-electron chi connectivity index (χ0n) is 19.9. The van der Waals surface area contributed by atoms with E-state index in [1.165, 1.54) is 15.3 Å². The van der Waals surface area contributed by atoms with Crippen LogP contribution in [-0.4, -0.2) is 58.4 Å². The predicted octanol–water partition coefficient (Wildman–Crippen LogP) is 3.68. The van der Waals surface area contributed by atoms with Gasteiger partial charge in [-0.05, 0) is 62.4 Å². The zero-order chi connectivity index (χ0) is 24.1. The lowest BCUT2D eigenvalue weighted by Crippen LogP contribution is -2.39. The average molecular weight is 503 g/mol. The van der Waals surface area contributed by atoms with Gasteiger partial charge in [-0.1, -0.05) is 30.3 Å². The van der Waals surface area contributed by atoms with Crippen LogP contribution in [0.15, 0.2) is 47.5 Å². The van der Waals surface area contributed by atoms with Gasteiger partial charge in [0.05, 0.1) is 22.9 Å². The first-order valence-corrected chi connectivity index (χ1v) is 14.5. The summed E-state index contributed by atoms with van der Waals surface area (Å²) in [6.45, 7) is 6.64. The number of aliphatic hydroxyl groups excluding tert-OH is 1. The molecule has 0 amide bonds. The number of nitrogens with zero attached hydrogens (tertiary/aromatic N) is 4. The van der Waals surface area contributed by atoms with Crippen molar-refractivity contribution in [1.29, 1.82) is 0 Å². The van der Waals surface area contributed by atoms with E-state index < -0.39 is 9.84 Å². The van der Waals surface area contributed by atoms with Crippen LogP contribution >= 0.6 is 11.3 Å². The number of rotatable bonds is 10. The van der Waals surface area contributed by atoms with Crippen molar-refractivity contribution >= 4 is 21.2 Å². The minimum absolute atomic E-state index is 0.00181. The number of likely N-dealkylation sites (tertiary alicyclic amines) is 1. The van der Waals surface area contributed by atoms with Gasteiger partial charge in [0.1, 0.15) is 0 Å². The van der Waals surface area contributed by atoms with Crippen molar-refractivity contribution in [2.75, 3.05) is 18.9 Å². The topological polar surface area (TPSA) is 88.3 Å². The second-order valence-corrected chi connectivity index (χ2v) is 12.4. The molecule has 1 unspecified atom stereocenters. The summed E-state index contributed by atoms with van der Waals surface area (Å²) >= 11 is 1.85. The Balaban J connectivity index is 1.33. The maximum absolute atomic E-state index is 12.5. The van der Waals surface area contributed by atoms with Crippen LogP contribution in [0.25, 0.3) is 0 Å². The Hall–Kier alpha value is -2.07. The Morgan fingerprint density at radius 3 is 2.74 bits per heavy atom. The highest BCUT2D eigenvalue weighted by atomic mass is 32.2. The second-order valence-electron chi connectivity index (χ2n) is 9.06. The molecular formula is C25H34N4O3S2. The monoisotopic (exact) mass is 502 g/mol. The molecule has 1 fully saturated rings. The zero-order valence-corrected chi connectivity index (χ0v) is 21.6. The van der Waals surface area contributed by atoms with Crippen LogP contribution in [0.5, 0.6) is 0 Å². The number of aromatic nitrogens is 3. The summed E-state index contributed by atoms with van der Waals surface area (Å²) in [5, 5.41) is 17.9. The molecule has 1 N–H and O–H groups in total. The van der Waals surface area contributed by atoms with Gasteiger partial charge in [-0.25, -0.2) is 8.42 Å². The first kappa shape index (κ1) is 25.0. The van der Waals surface area contributed by atoms with Crippen molar-refractivity contribution in [3.63, 3.8) is 0 Å². The Labute approximate surface area is 206 Å². The third-order valence-electron chi connectivity index (χ3n) is 6.68. The van der Waals surface area contributed by atoms with Crippen LogP contribution in [0.3, 0.4) is 0 Å². The summed E-state index contributed by atoms with van der Waals surface area (Å²) < 4.78 is 26.7. The van der Waals surface area contributed by atoms with E-state index in [1.54, 1.807) is 28.9 Å². The molecule has 2 aromatic heterocycles. The summed E-state index contributed by atoms with van der Waals surface area (Å²) in [7, 11) is -3.34. The fourth-order valence-corrected chi connectivity index (χ4v) is 7.16. The molecule has 1 aliphatic rings. The van der Waals surface area contributed by atoms with Crippen LogP contribution in [0.2, 0.25) is 0 Å². The van der Waals surface area contributed by atoms with Gasteiger partial charge in [0, 0.05) is 41.6 Å². The van der Waals surface area contributed by atoms with E-state index in [0.29, 0.717) is 23.4 Å². The van der Waals surface area contributed by atoms with Gasteiger partial charge < -0.3 is 5.11 Å². The smallest absolute Gasteiger partial charge is 0.180 e. The number of sulfone groups is 1. The van der Waals surface area contributed by atoms with Gasteiger partial charge in [0.15, 0.2) is 9.84 Å². The molecule has 9 heteroatoms. The highest BCUT2D eigenvalue weighted by Crippen LogP contribution is 2.38. The first-order valence-electron chi connectivity index (χ1n) is 12.0. The fraction of sp³-hybridized carbons (Fsp3) is 0.520. The van der Waals surface area contributed by atoms with E-state index in [4.69, 9.17) is 0 Å². The lowest BCUT2D eigenvalue weighted by Gasteiger charge is -2.37. The summed E-state index contributed by atoms with van der Waals surface area (Å²) in [5.41, 5.74) is 2.31. The van der Waals surface area contributed by atoms with E-state index >= 15 is 0 Å². The minimum Gasteiger partial charge on any atom is -0.396 e. The Morgan fingerprint density at radius 2 is 2.03 bits per heavy atom. The van der Waals surface area contributed by atoms with Gasteiger partial charge in [-0.2, -0.15) is 0 Å². The number of aryl methyl sites for hydroxylation is 2. The normalized spacial score (nSPS) is 19.5. The molecule has 0 spiro atoms. The van der Waals surface area contributed by atoms with Crippen LogP contribution in [0.1, 0.15) is 53.6 Å². The molecule has 3 aromatic rings. The number of thiophene rings is 1. The highest BCUT2D eigenvalue weighted by molar-refractivity contribution is 7.91. The van der Waals surface area contributed by atoms with Crippen molar-refractivity contribution in [3.05, 3.63) is 63.6 Å². The van der Waals surface area contributed by atoms with Gasteiger partial charge in [0.25, 0.3) is 0 Å². The molecule has 184 valence electrons. The molecule has 4 rings (SSSR count). The maximum atomic E-state index is 12.5. The number of hydrogen-bond donors (Lipinski definition) is 1. The minimum atomic E-state index is -3.34. The maximum Gasteiger partial charge on any atom is 0.180 e. The van der Waals surface area contributed by atoms with E-state index in [9.17, 15) is 13.5 Å². The summed E-state index contributed by atoms with van der Waals surface area (Å²) in [6.07, 6.45) is 5.83. The average Bonchev–Trinajstić information content (AvgIpc) is 3.47. The molecule has 0 saturated carbocycles. The third-order valence-corrected chi connectivity index (χ3v) is 9.74. The molecule has 0 radical (unpaired) electrons. The molecule has 1 saturated heterocycles.